The van der Waals surface area contributed by atoms with Crippen LogP contribution in [0.2, 0.25) is 0 Å². The summed E-state index contributed by atoms with van der Waals surface area (Å²) >= 11 is 0. The van der Waals surface area contributed by atoms with Gasteiger partial charge in [0.1, 0.15) is 0 Å². The van der Waals surface area contributed by atoms with Crippen molar-refractivity contribution in [2.24, 2.45) is 5.92 Å². The minimum absolute atomic E-state index is 0.463. The normalized spacial score (nSPS) is 19.2. The van der Waals surface area contributed by atoms with Crippen LogP contribution in [0.3, 0.4) is 0 Å². The topological polar surface area (TPSA) is 24.1 Å². The fourth-order valence-corrected chi connectivity index (χ4v) is 2.40. The Balaban J connectivity index is 1.80. The summed E-state index contributed by atoms with van der Waals surface area (Å²) in [5.41, 5.74) is 2.73. The monoisotopic (exact) mass is 232 g/mol. The molecule has 1 atom stereocenters. The highest BCUT2D eigenvalue weighted by molar-refractivity contribution is 5.23. The van der Waals surface area contributed by atoms with Gasteiger partial charge < -0.3 is 10.6 Å². The number of benzene rings is 1. The Morgan fingerprint density at radius 3 is 2.53 bits per heavy atom. The zero-order valence-corrected chi connectivity index (χ0v) is 11.0. The molecule has 1 aliphatic rings. The zero-order chi connectivity index (χ0) is 12.1. The van der Waals surface area contributed by atoms with Gasteiger partial charge in [-0.1, -0.05) is 29.8 Å². The molecule has 1 aliphatic heterocycles. The highest BCUT2D eigenvalue weighted by atomic mass is 14.9. The van der Waals surface area contributed by atoms with Gasteiger partial charge in [-0.15, -0.1) is 0 Å². The van der Waals surface area contributed by atoms with E-state index in [0.717, 1.165) is 12.5 Å². The smallest absolute Gasteiger partial charge is 0.0291 e. The molecular formula is C15H24N2. The Morgan fingerprint density at radius 2 is 1.88 bits per heavy atom. The molecule has 94 valence electrons. The van der Waals surface area contributed by atoms with Gasteiger partial charge in [-0.3, -0.25) is 0 Å². The fourth-order valence-electron chi connectivity index (χ4n) is 2.40. The molecule has 2 heteroatoms. The number of piperidine rings is 1. The van der Waals surface area contributed by atoms with Crippen LogP contribution in [0.25, 0.3) is 0 Å². The van der Waals surface area contributed by atoms with Gasteiger partial charge in [0.25, 0.3) is 0 Å². The standard InChI is InChI=1S/C15H24N2/c1-12-3-5-15(6-4-12)13(2)17-11-14-7-9-16-10-8-14/h3-6,13-14,16-17H,7-11H2,1-2H3/t13-/m1/s1. The summed E-state index contributed by atoms with van der Waals surface area (Å²) in [6.07, 6.45) is 2.63. The number of aryl methyl sites for hydroxylation is 1. The Labute approximate surface area is 105 Å². The van der Waals surface area contributed by atoms with Gasteiger partial charge >= 0.3 is 0 Å². The Bertz CT molecular complexity index is 325. The molecule has 1 fully saturated rings. The van der Waals surface area contributed by atoms with Gasteiger partial charge in [0.15, 0.2) is 0 Å². The Hall–Kier alpha value is -0.860. The first-order valence-corrected chi connectivity index (χ1v) is 6.76. The SMILES string of the molecule is Cc1ccc([C@@H](C)NCC2CCNCC2)cc1. The van der Waals surface area contributed by atoms with Crippen LogP contribution in [-0.4, -0.2) is 19.6 Å². The van der Waals surface area contributed by atoms with Gasteiger partial charge in [-0.2, -0.15) is 0 Å². The summed E-state index contributed by atoms with van der Waals surface area (Å²) in [7, 11) is 0. The highest BCUT2D eigenvalue weighted by Gasteiger charge is 2.14. The van der Waals surface area contributed by atoms with E-state index < -0.39 is 0 Å². The molecule has 1 heterocycles. The minimum atomic E-state index is 0.463. The van der Waals surface area contributed by atoms with E-state index in [4.69, 9.17) is 0 Å². The van der Waals surface area contributed by atoms with E-state index in [-0.39, 0.29) is 0 Å². The van der Waals surface area contributed by atoms with Crippen LogP contribution in [-0.2, 0) is 0 Å². The molecule has 2 rings (SSSR count). The van der Waals surface area contributed by atoms with Crippen LogP contribution in [0.15, 0.2) is 24.3 Å². The highest BCUT2D eigenvalue weighted by Crippen LogP contribution is 2.15. The lowest BCUT2D eigenvalue weighted by Crippen LogP contribution is -2.34. The van der Waals surface area contributed by atoms with E-state index >= 15 is 0 Å². The molecular weight excluding hydrogens is 208 g/mol. The first-order valence-electron chi connectivity index (χ1n) is 6.76. The van der Waals surface area contributed by atoms with Crippen molar-refractivity contribution in [2.45, 2.75) is 32.7 Å². The van der Waals surface area contributed by atoms with E-state index in [1.165, 1.54) is 37.1 Å². The van der Waals surface area contributed by atoms with Crippen molar-refractivity contribution < 1.29 is 0 Å². The fraction of sp³-hybridized carbons (Fsp3) is 0.600. The van der Waals surface area contributed by atoms with Crippen LogP contribution in [0.1, 0.15) is 36.9 Å². The molecule has 1 aromatic carbocycles. The summed E-state index contributed by atoms with van der Waals surface area (Å²) in [5, 5.41) is 7.07. The van der Waals surface area contributed by atoms with Gasteiger partial charge in [0.2, 0.25) is 0 Å². The molecule has 0 saturated carbocycles. The van der Waals surface area contributed by atoms with Crippen molar-refractivity contribution >= 4 is 0 Å². The predicted molar refractivity (Wildman–Crippen MR) is 73.2 cm³/mol. The van der Waals surface area contributed by atoms with Crippen molar-refractivity contribution in [3.63, 3.8) is 0 Å². The minimum Gasteiger partial charge on any atom is -0.317 e. The molecule has 17 heavy (non-hydrogen) atoms. The van der Waals surface area contributed by atoms with Crippen molar-refractivity contribution in [1.29, 1.82) is 0 Å². The van der Waals surface area contributed by atoms with Crippen LogP contribution in [0.4, 0.5) is 0 Å². The van der Waals surface area contributed by atoms with E-state index in [1.807, 2.05) is 0 Å². The van der Waals surface area contributed by atoms with Crippen molar-refractivity contribution in [1.82, 2.24) is 10.6 Å². The molecule has 0 spiro atoms. The average Bonchev–Trinajstić information content (AvgIpc) is 2.38. The lowest BCUT2D eigenvalue weighted by atomic mass is 9.97. The molecule has 0 amide bonds. The maximum absolute atomic E-state index is 3.66. The van der Waals surface area contributed by atoms with Crippen LogP contribution in [0.5, 0.6) is 0 Å². The number of nitrogens with one attached hydrogen (secondary N) is 2. The lowest BCUT2D eigenvalue weighted by Gasteiger charge is -2.25. The largest absolute Gasteiger partial charge is 0.317 e. The molecule has 1 aromatic rings. The second-order valence-corrected chi connectivity index (χ2v) is 5.23. The predicted octanol–water partition coefficient (Wildman–Crippen LogP) is 2.65. The lowest BCUT2D eigenvalue weighted by molar-refractivity contribution is 0.345. The molecule has 1 saturated heterocycles. The molecule has 0 aliphatic carbocycles. The second-order valence-electron chi connectivity index (χ2n) is 5.23. The van der Waals surface area contributed by atoms with E-state index in [9.17, 15) is 0 Å². The first kappa shape index (κ1) is 12.6. The number of rotatable bonds is 4. The first-order chi connectivity index (χ1) is 8.25. The van der Waals surface area contributed by atoms with Crippen LogP contribution < -0.4 is 10.6 Å². The van der Waals surface area contributed by atoms with E-state index in [1.54, 1.807) is 0 Å². The molecule has 0 radical (unpaired) electrons. The average molecular weight is 232 g/mol. The summed E-state index contributed by atoms with van der Waals surface area (Å²) in [6, 6.07) is 9.31. The summed E-state index contributed by atoms with van der Waals surface area (Å²) in [4.78, 5) is 0. The molecule has 0 unspecified atom stereocenters. The van der Waals surface area contributed by atoms with Crippen LogP contribution in [0, 0.1) is 12.8 Å². The van der Waals surface area contributed by atoms with Crippen molar-refractivity contribution in [3.8, 4) is 0 Å². The zero-order valence-electron chi connectivity index (χ0n) is 11.0. The van der Waals surface area contributed by atoms with E-state index in [0.29, 0.717) is 6.04 Å². The maximum Gasteiger partial charge on any atom is 0.0291 e. The summed E-state index contributed by atoms with van der Waals surface area (Å²) in [5.74, 6) is 0.851. The molecule has 0 aromatic heterocycles. The van der Waals surface area contributed by atoms with E-state index in [2.05, 4.69) is 48.7 Å². The summed E-state index contributed by atoms with van der Waals surface area (Å²) in [6.45, 7) is 7.91. The quantitative estimate of drug-likeness (QED) is 0.834. The van der Waals surface area contributed by atoms with Crippen LogP contribution >= 0.6 is 0 Å². The molecule has 2 nitrogen and oxygen atoms in total. The molecule has 0 bridgehead atoms. The third kappa shape index (κ3) is 3.83. The number of hydrogen-bond donors (Lipinski definition) is 2. The van der Waals surface area contributed by atoms with Gasteiger partial charge in [-0.05, 0) is 57.8 Å². The second kappa shape index (κ2) is 6.18. The summed E-state index contributed by atoms with van der Waals surface area (Å²) < 4.78 is 0. The Morgan fingerprint density at radius 1 is 1.24 bits per heavy atom. The Kier molecular flexibility index (Phi) is 4.57. The van der Waals surface area contributed by atoms with Gasteiger partial charge in [0, 0.05) is 6.04 Å². The number of hydrogen-bond acceptors (Lipinski definition) is 2. The van der Waals surface area contributed by atoms with Crippen molar-refractivity contribution in [2.75, 3.05) is 19.6 Å². The van der Waals surface area contributed by atoms with Gasteiger partial charge in [0.05, 0.1) is 0 Å². The maximum atomic E-state index is 3.66. The third-order valence-corrected chi connectivity index (χ3v) is 3.75. The van der Waals surface area contributed by atoms with Crippen molar-refractivity contribution in [3.05, 3.63) is 35.4 Å². The van der Waals surface area contributed by atoms with Gasteiger partial charge in [-0.25, -0.2) is 0 Å². The third-order valence-electron chi connectivity index (χ3n) is 3.75. The molecule has 2 N–H and O–H groups in total.